The SMILES string of the molecule is CC(Cc1ccc2c(c1)OCO2)C(Nc1ccc2nc[nH]c2c1)c1n[nH]nc1C1CCCCC1. The zero-order chi connectivity index (χ0) is 22.9. The number of nitrogens with one attached hydrogen (secondary N) is 3. The van der Waals surface area contributed by atoms with Gasteiger partial charge in [-0.2, -0.15) is 15.4 Å². The number of hydrogen-bond acceptors (Lipinski definition) is 6. The number of rotatable bonds is 7. The van der Waals surface area contributed by atoms with Crippen LogP contribution in [0.5, 0.6) is 11.5 Å². The molecule has 3 N–H and O–H groups in total. The Morgan fingerprint density at radius 1 is 1.03 bits per heavy atom. The summed E-state index contributed by atoms with van der Waals surface area (Å²) in [4.78, 5) is 7.56. The second kappa shape index (κ2) is 9.00. The molecule has 0 radical (unpaired) electrons. The summed E-state index contributed by atoms with van der Waals surface area (Å²) >= 11 is 0. The molecule has 2 atom stereocenters. The van der Waals surface area contributed by atoms with Crippen molar-refractivity contribution in [1.29, 1.82) is 0 Å². The van der Waals surface area contributed by atoms with Crippen molar-refractivity contribution in [3.05, 3.63) is 59.7 Å². The first-order valence-corrected chi connectivity index (χ1v) is 12.2. The highest BCUT2D eigenvalue weighted by Gasteiger charge is 2.30. The van der Waals surface area contributed by atoms with Crippen LogP contribution in [-0.4, -0.2) is 32.2 Å². The summed E-state index contributed by atoms with van der Waals surface area (Å²) in [6.07, 6.45) is 8.81. The molecule has 1 fully saturated rings. The molecule has 6 rings (SSSR count). The van der Waals surface area contributed by atoms with E-state index in [1.165, 1.54) is 37.7 Å². The smallest absolute Gasteiger partial charge is 0.231 e. The largest absolute Gasteiger partial charge is 0.454 e. The third-order valence-electron chi connectivity index (χ3n) is 7.20. The van der Waals surface area contributed by atoms with Gasteiger partial charge in [-0.3, -0.25) is 0 Å². The fourth-order valence-electron chi connectivity index (χ4n) is 5.40. The van der Waals surface area contributed by atoms with Crippen LogP contribution < -0.4 is 14.8 Å². The lowest BCUT2D eigenvalue weighted by atomic mass is 9.83. The van der Waals surface area contributed by atoms with E-state index in [9.17, 15) is 0 Å². The second-order valence-corrected chi connectivity index (χ2v) is 9.55. The molecule has 2 aliphatic rings. The van der Waals surface area contributed by atoms with Crippen LogP contribution in [-0.2, 0) is 6.42 Å². The van der Waals surface area contributed by atoms with Crippen LogP contribution in [0.4, 0.5) is 5.69 Å². The average molecular weight is 459 g/mol. The van der Waals surface area contributed by atoms with E-state index >= 15 is 0 Å². The topological polar surface area (TPSA) is 101 Å². The maximum Gasteiger partial charge on any atom is 0.231 e. The van der Waals surface area contributed by atoms with Crippen molar-refractivity contribution in [1.82, 2.24) is 25.4 Å². The Hall–Kier alpha value is -3.55. The van der Waals surface area contributed by atoms with Gasteiger partial charge in [-0.1, -0.05) is 32.3 Å². The highest BCUT2D eigenvalue weighted by Crippen LogP contribution is 2.39. The van der Waals surface area contributed by atoms with Crippen molar-refractivity contribution in [2.75, 3.05) is 12.1 Å². The molecule has 4 aromatic rings. The summed E-state index contributed by atoms with van der Waals surface area (Å²) < 4.78 is 11.1. The van der Waals surface area contributed by atoms with E-state index in [0.29, 0.717) is 5.92 Å². The van der Waals surface area contributed by atoms with Crippen LogP contribution >= 0.6 is 0 Å². The van der Waals surface area contributed by atoms with Crippen molar-refractivity contribution in [3.8, 4) is 11.5 Å². The van der Waals surface area contributed by atoms with Gasteiger partial charge in [0.05, 0.1) is 29.1 Å². The lowest BCUT2D eigenvalue weighted by Crippen LogP contribution is -2.23. The Kier molecular flexibility index (Phi) is 5.57. The van der Waals surface area contributed by atoms with Crippen LogP contribution in [0.25, 0.3) is 11.0 Å². The summed E-state index contributed by atoms with van der Waals surface area (Å²) in [6, 6.07) is 12.5. The molecule has 8 nitrogen and oxygen atoms in total. The maximum atomic E-state index is 5.61. The van der Waals surface area contributed by atoms with E-state index in [1.54, 1.807) is 6.33 Å². The second-order valence-electron chi connectivity index (χ2n) is 9.55. The first kappa shape index (κ1) is 21.0. The number of fused-ring (bicyclic) bond motifs is 2. The Morgan fingerprint density at radius 2 is 1.91 bits per heavy atom. The van der Waals surface area contributed by atoms with Crippen molar-refractivity contribution >= 4 is 16.7 Å². The van der Waals surface area contributed by atoms with Gasteiger partial charge in [0.15, 0.2) is 11.5 Å². The first-order valence-electron chi connectivity index (χ1n) is 12.2. The van der Waals surface area contributed by atoms with E-state index < -0.39 is 0 Å². The standard InChI is InChI=1S/C26H30N6O2/c1-16(11-17-7-10-22-23(12-17)34-15-33-22)24(29-19-8-9-20-21(13-19)28-14-27-20)26-25(30-32-31-26)18-5-3-2-4-6-18/h7-10,12-14,16,18,24,29H,2-6,11,15H2,1H3,(H,27,28)(H,30,31,32). The van der Waals surface area contributed by atoms with E-state index in [1.807, 2.05) is 12.1 Å². The predicted molar refractivity (Wildman–Crippen MR) is 130 cm³/mol. The molecule has 0 amide bonds. The van der Waals surface area contributed by atoms with E-state index in [0.717, 1.165) is 46.0 Å². The minimum atomic E-state index is 0.00136. The number of H-pyrrole nitrogens is 2. The normalized spacial score (nSPS) is 17.7. The van der Waals surface area contributed by atoms with Gasteiger partial charge in [0.2, 0.25) is 6.79 Å². The highest BCUT2D eigenvalue weighted by atomic mass is 16.7. The molecule has 1 aliphatic heterocycles. The minimum absolute atomic E-state index is 0.00136. The third-order valence-corrected chi connectivity index (χ3v) is 7.20. The molecule has 8 heteroatoms. The van der Waals surface area contributed by atoms with Crippen LogP contribution in [0.2, 0.25) is 0 Å². The van der Waals surface area contributed by atoms with Gasteiger partial charge in [0, 0.05) is 11.6 Å². The van der Waals surface area contributed by atoms with Crippen LogP contribution in [0.3, 0.4) is 0 Å². The van der Waals surface area contributed by atoms with Crippen molar-refractivity contribution in [2.45, 2.75) is 57.4 Å². The van der Waals surface area contributed by atoms with Gasteiger partial charge < -0.3 is 19.8 Å². The maximum absolute atomic E-state index is 5.61. The molecule has 1 saturated carbocycles. The molecule has 34 heavy (non-hydrogen) atoms. The number of benzene rings is 2. The summed E-state index contributed by atoms with van der Waals surface area (Å²) in [5.41, 5.74) is 6.38. The lowest BCUT2D eigenvalue weighted by Gasteiger charge is -2.28. The van der Waals surface area contributed by atoms with Gasteiger partial charge in [-0.15, -0.1) is 0 Å². The summed E-state index contributed by atoms with van der Waals surface area (Å²) in [6.45, 7) is 2.56. The first-order chi connectivity index (χ1) is 16.7. The fraction of sp³-hybridized carbons (Fsp3) is 0.423. The van der Waals surface area contributed by atoms with Crippen LogP contribution in [0.15, 0.2) is 42.7 Å². The van der Waals surface area contributed by atoms with Gasteiger partial charge in [-0.25, -0.2) is 4.98 Å². The van der Waals surface area contributed by atoms with E-state index in [2.05, 4.69) is 56.8 Å². The summed E-state index contributed by atoms with van der Waals surface area (Å²) in [5.74, 6) is 2.36. The quantitative estimate of drug-likeness (QED) is 0.339. The number of hydrogen-bond donors (Lipinski definition) is 3. The van der Waals surface area contributed by atoms with Crippen molar-refractivity contribution < 1.29 is 9.47 Å². The van der Waals surface area contributed by atoms with Crippen molar-refractivity contribution in [3.63, 3.8) is 0 Å². The number of imidazole rings is 1. The number of nitrogens with zero attached hydrogens (tertiary/aromatic N) is 3. The number of anilines is 1. The third kappa shape index (κ3) is 4.08. The molecule has 2 aromatic carbocycles. The Bertz CT molecular complexity index is 1280. The van der Waals surface area contributed by atoms with Gasteiger partial charge in [-0.05, 0) is 61.1 Å². The van der Waals surface area contributed by atoms with Gasteiger partial charge >= 0.3 is 0 Å². The number of aromatic nitrogens is 5. The molecular weight excluding hydrogens is 428 g/mol. The van der Waals surface area contributed by atoms with E-state index in [4.69, 9.17) is 14.6 Å². The molecule has 2 aromatic heterocycles. The molecular formula is C26H30N6O2. The molecule has 176 valence electrons. The molecule has 1 aliphatic carbocycles. The molecule has 0 spiro atoms. The average Bonchev–Trinajstić information content (AvgIpc) is 3.63. The zero-order valence-electron chi connectivity index (χ0n) is 19.4. The monoisotopic (exact) mass is 458 g/mol. The molecule has 0 bridgehead atoms. The van der Waals surface area contributed by atoms with E-state index in [-0.39, 0.29) is 18.8 Å². The summed E-state index contributed by atoms with van der Waals surface area (Å²) in [7, 11) is 0. The summed E-state index contributed by atoms with van der Waals surface area (Å²) in [5, 5.41) is 16.1. The minimum Gasteiger partial charge on any atom is -0.454 e. The lowest BCUT2D eigenvalue weighted by molar-refractivity contribution is 0.174. The number of ether oxygens (including phenoxy) is 2. The zero-order valence-corrected chi connectivity index (χ0v) is 19.4. The fourth-order valence-corrected chi connectivity index (χ4v) is 5.40. The van der Waals surface area contributed by atoms with Gasteiger partial charge in [0.25, 0.3) is 0 Å². The Balaban J connectivity index is 1.32. The Morgan fingerprint density at radius 3 is 2.82 bits per heavy atom. The molecule has 0 saturated heterocycles. The van der Waals surface area contributed by atoms with Crippen molar-refractivity contribution in [2.24, 2.45) is 5.92 Å². The highest BCUT2D eigenvalue weighted by molar-refractivity contribution is 5.78. The molecule has 2 unspecified atom stereocenters. The molecule has 3 heterocycles. The van der Waals surface area contributed by atoms with Gasteiger partial charge in [0.1, 0.15) is 5.69 Å². The van der Waals surface area contributed by atoms with Crippen LogP contribution in [0, 0.1) is 5.92 Å². The van der Waals surface area contributed by atoms with Crippen LogP contribution in [0.1, 0.15) is 67.9 Å². The Labute approximate surface area is 198 Å². The number of aromatic amines is 2. The predicted octanol–water partition coefficient (Wildman–Crippen LogP) is 5.49.